The fourth-order valence-corrected chi connectivity index (χ4v) is 2.83. The number of rotatable bonds is 7. The first-order valence-corrected chi connectivity index (χ1v) is 8.42. The van der Waals surface area contributed by atoms with Crippen molar-refractivity contribution in [3.05, 3.63) is 29.8 Å². The smallest absolute Gasteiger partial charge is 0.243 e. The van der Waals surface area contributed by atoms with Gasteiger partial charge in [0.05, 0.1) is 11.4 Å². The molecule has 0 aliphatic carbocycles. The molecule has 7 heteroatoms. The summed E-state index contributed by atoms with van der Waals surface area (Å²) in [6.45, 7) is 5.58. The van der Waals surface area contributed by atoms with Crippen molar-refractivity contribution in [2.24, 2.45) is 5.92 Å². The van der Waals surface area contributed by atoms with E-state index in [4.69, 9.17) is 0 Å². The minimum Gasteiger partial charge on any atom is -0.355 e. The van der Waals surface area contributed by atoms with Crippen LogP contribution >= 0.6 is 0 Å². The van der Waals surface area contributed by atoms with Crippen LogP contribution in [0.5, 0.6) is 0 Å². The lowest BCUT2D eigenvalue weighted by atomic mass is 10.2. The minimum atomic E-state index is -3.75. The third-order valence-corrected chi connectivity index (χ3v) is 4.86. The molecule has 1 aromatic rings. The van der Waals surface area contributed by atoms with Gasteiger partial charge < -0.3 is 5.32 Å². The van der Waals surface area contributed by atoms with Crippen molar-refractivity contribution in [1.29, 1.82) is 0 Å². The zero-order valence-electron chi connectivity index (χ0n) is 13.3. The Labute approximate surface area is 131 Å². The van der Waals surface area contributed by atoms with Gasteiger partial charge in [-0.3, -0.25) is 9.59 Å². The summed E-state index contributed by atoms with van der Waals surface area (Å²) in [6.07, 6.45) is 0. The first-order valence-electron chi connectivity index (χ1n) is 6.98. The molecule has 122 valence electrons. The molecule has 0 radical (unpaired) electrons. The topological polar surface area (TPSA) is 83.6 Å². The standard InChI is InChI=1S/C15H22N2O4S/c1-11(2)9-16-15(19)10-17(4)22(20,21)14-7-5-13(6-8-14)12(3)18/h5-8,11H,9-10H2,1-4H3,(H,16,19). The molecule has 0 unspecified atom stereocenters. The van der Waals surface area contributed by atoms with Crippen molar-refractivity contribution in [3.63, 3.8) is 0 Å². The van der Waals surface area contributed by atoms with Crippen LogP contribution in [0.1, 0.15) is 31.1 Å². The Morgan fingerprint density at radius 3 is 2.18 bits per heavy atom. The molecular formula is C15H22N2O4S. The van der Waals surface area contributed by atoms with Gasteiger partial charge >= 0.3 is 0 Å². The molecule has 1 amide bonds. The number of nitrogens with one attached hydrogen (secondary N) is 1. The van der Waals surface area contributed by atoms with E-state index in [-0.39, 0.29) is 23.1 Å². The lowest BCUT2D eigenvalue weighted by Crippen LogP contribution is -2.39. The molecule has 0 fully saturated rings. The molecule has 22 heavy (non-hydrogen) atoms. The molecule has 0 aliphatic rings. The first-order chi connectivity index (χ1) is 10.1. The van der Waals surface area contributed by atoms with Crippen LogP contribution in [0.4, 0.5) is 0 Å². The number of hydrogen-bond acceptors (Lipinski definition) is 4. The van der Waals surface area contributed by atoms with Crippen LogP contribution in [0.2, 0.25) is 0 Å². The maximum atomic E-state index is 12.3. The summed E-state index contributed by atoms with van der Waals surface area (Å²) in [5, 5.41) is 2.67. The minimum absolute atomic E-state index is 0.0525. The van der Waals surface area contributed by atoms with Crippen LogP contribution < -0.4 is 5.32 Å². The Kier molecular flexibility index (Phi) is 6.25. The van der Waals surface area contributed by atoms with Gasteiger partial charge in [-0.15, -0.1) is 0 Å². The molecule has 0 saturated carbocycles. The molecule has 0 saturated heterocycles. The predicted octanol–water partition coefficient (Wildman–Crippen LogP) is 1.28. The highest BCUT2D eigenvalue weighted by molar-refractivity contribution is 7.89. The predicted molar refractivity (Wildman–Crippen MR) is 84.1 cm³/mol. The van der Waals surface area contributed by atoms with Gasteiger partial charge in [0.1, 0.15) is 0 Å². The summed E-state index contributed by atoms with van der Waals surface area (Å²) < 4.78 is 25.7. The maximum Gasteiger partial charge on any atom is 0.243 e. The lowest BCUT2D eigenvalue weighted by molar-refractivity contribution is -0.121. The van der Waals surface area contributed by atoms with Gasteiger partial charge in [-0.25, -0.2) is 8.42 Å². The maximum absolute atomic E-state index is 12.3. The Bertz CT molecular complexity index is 636. The number of ketones is 1. The number of hydrogen-bond donors (Lipinski definition) is 1. The monoisotopic (exact) mass is 326 g/mol. The van der Waals surface area contributed by atoms with E-state index < -0.39 is 10.0 Å². The second-order valence-corrected chi connectivity index (χ2v) is 7.58. The normalized spacial score (nSPS) is 11.7. The summed E-state index contributed by atoms with van der Waals surface area (Å²) in [5.74, 6) is -0.185. The van der Waals surface area contributed by atoms with Crippen molar-refractivity contribution in [2.75, 3.05) is 20.1 Å². The Hall–Kier alpha value is -1.73. The average Bonchev–Trinajstić information content (AvgIpc) is 2.45. The largest absolute Gasteiger partial charge is 0.355 e. The third-order valence-electron chi connectivity index (χ3n) is 3.04. The number of nitrogens with zero attached hydrogens (tertiary/aromatic N) is 1. The van der Waals surface area contributed by atoms with E-state index in [1.165, 1.54) is 38.2 Å². The second kappa shape index (κ2) is 7.51. The third kappa shape index (κ3) is 4.92. The highest BCUT2D eigenvalue weighted by Gasteiger charge is 2.23. The first kappa shape index (κ1) is 18.3. The quantitative estimate of drug-likeness (QED) is 0.765. The van der Waals surface area contributed by atoms with E-state index in [2.05, 4.69) is 5.32 Å². The van der Waals surface area contributed by atoms with Crippen LogP contribution in [-0.4, -0.2) is 44.6 Å². The molecule has 0 heterocycles. The van der Waals surface area contributed by atoms with E-state index >= 15 is 0 Å². The van der Waals surface area contributed by atoms with E-state index in [0.717, 1.165) is 4.31 Å². The molecule has 1 rings (SSSR count). The molecule has 1 N–H and O–H groups in total. The van der Waals surface area contributed by atoms with Crippen LogP contribution in [-0.2, 0) is 14.8 Å². The van der Waals surface area contributed by atoms with Crippen molar-refractivity contribution in [2.45, 2.75) is 25.7 Å². The number of benzene rings is 1. The Balaban J connectivity index is 2.80. The Morgan fingerprint density at radius 1 is 1.18 bits per heavy atom. The summed E-state index contributed by atoms with van der Waals surface area (Å²) in [5.41, 5.74) is 0.441. The summed E-state index contributed by atoms with van der Waals surface area (Å²) in [7, 11) is -2.40. The molecule has 6 nitrogen and oxygen atoms in total. The molecule has 1 aromatic carbocycles. The van der Waals surface area contributed by atoms with Gasteiger partial charge in [-0.1, -0.05) is 26.0 Å². The number of amides is 1. The number of sulfonamides is 1. The molecule has 0 aliphatic heterocycles. The zero-order valence-corrected chi connectivity index (χ0v) is 14.1. The highest BCUT2D eigenvalue weighted by Crippen LogP contribution is 2.15. The highest BCUT2D eigenvalue weighted by atomic mass is 32.2. The van der Waals surface area contributed by atoms with Gasteiger partial charge in [-0.05, 0) is 25.0 Å². The van der Waals surface area contributed by atoms with Gasteiger partial charge in [0.15, 0.2) is 5.78 Å². The van der Waals surface area contributed by atoms with Crippen molar-refractivity contribution in [3.8, 4) is 0 Å². The van der Waals surface area contributed by atoms with Crippen molar-refractivity contribution < 1.29 is 18.0 Å². The molecule has 0 bridgehead atoms. The van der Waals surface area contributed by atoms with Crippen molar-refractivity contribution >= 4 is 21.7 Å². The van der Waals surface area contributed by atoms with Crippen LogP contribution in [0.25, 0.3) is 0 Å². The van der Waals surface area contributed by atoms with E-state index in [9.17, 15) is 18.0 Å². The summed E-state index contributed by atoms with van der Waals surface area (Å²) in [6, 6.07) is 5.66. The molecule has 0 atom stereocenters. The number of Topliss-reactive ketones (excluding diaryl/α,β-unsaturated/α-hetero) is 1. The number of carbonyl (C=O) groups is 2. The van der Waals surface area contributed by atoms with Crippen LogP contribution in [0, 0.1) is 5.92 Å². The summed E-state index contributed by atoms with van der Waals surface area (Å²) in [4.78, 5) is 23.0. The van der Waals surface area contributed by atoms with Crippen LogP contribution in [0.3, 0.4) is 0 Å². The van der Waals surface area contributed by atoms with Gasteiger partial charge in [0.25, 0.3) is 0 Å². The molecule has 0 spiro atoms. The van der Waals surface area contributed by atoms with Crippen molar-refractivity contribution in [1.82, 2.24) is 9.62 Å². The zero-order chi connectivity index (χ0) is 16.9. The number of likely N-dealkylation sites (N-methyl/N-ethyl adjacent to an activating group) is 1. The van der Waals surface area contributed by atoms with E-state index in [1.54, 1.807) is 0 Å². The number of carbonyl (C=O) groups excluding carboxylic acids is 2. The second-order valence-electron chi connectivity index (χ2n) is 5.54. The van der Waals surface area contributed by atoms with Crippen LogP contribution in [0.15, 0.2) is 29.2 Å². The van der Waals surface area contributed by atoms with E-state index in [1.807, 2.05) is 13.8 Å². The SMILES string of the molecule is CC(=O)c1ccc(S(=O)(=O)N(C)CC(=O)NCC(C)C)cc1. The van der Waals surface area contributed by atoms with Gasteiger partial charge in [0, 0.05) is 19.2 Å². The molecule has 0 aromatic heterocycles. The Morgan fingerprint density at radius 2 is 1.73 bits per heavy atom. The fourth-order valence-electron chi connectivity index (χ4n) is 1.70. The molecular weight excluding hydrogens is 304 g/mol. The lowest BCUT2D eigenvalue weighted by Gasteiger charge is -2.17. The van der Waals surface area contributed by atoms with Gasteiger partial charge in [-0.2, -0.15) is 4.31 Å². The van der Waals surface area contributed by atoms with Gasteiger partial charge in [0.2, 0.25) is 15.9 Å². The fraction of sp³-hybridized carbons (Fsp3) is 0.467. The van der Waals surface area contributed by atoms with E-state index in [0.29, 0.717) is 18.0 Å². The summed E-state index contributed by atoms with van der Waals surface area (Å²) >= 11 is 0. The average molecular weight is 326 g/mol.